The van der Waals surface area contributed by atoms with Crippen LogP contribution >= 0.6 is 0 Å². The summed E-state index contributed by atoms with van der Waals surface area (Å²) in [4.78, 5) is 19.7. The van der Waals surface area contributed by atoms with Crippen LogP contribution in [0.4, 0.5) is 5.82 Å². The van der Waals surface area contributed by atoms with Crippen molar-refractivity contribution in [3.05, 3.63) is 55.4 Å². The first-order valence-corrected chi connectivity index (χ1v) is 9.69. The van der Waals surface area contributed by atoms with Gasteiger partial charge in [0.25, 0.3) is 0 Å². The third-order valence-electron chi connectivity index (χ3n) is 4.41. The molecule has 0 saturated carbocycles. The van der Waals surface area contributed by atoms with Gasteiger partial charge in [-0.3, -0.25) is 10.0 Å². The summed E-state index contributed by atoms with van der Waals surface area (Å²) in [6.45, 7) is 8.53. The van der Waals surface area contributed by atoms with E-state index in [1.54, 1.807) is 24.7 Å². The van der Waals surface area contributed by atoms with Gasteiger partial charge in [0, 0.05) is 24.4 Å². The second-order valence-corrected chi connectivity index (χ2v) is 6.47. The molecule has 0 aliphatic heterocycles. The lowest BCUT2D eigenvalue weighted by Crippen LogP contribution is -2.17. The van der Waals surface area contributed by atoms with Gasteiger partial charge in [0.15, 0.2) is 11.5 Å². The SMILES string of the molecule is C=C/C=C(\C=C)CNc1ncnc2cc(OC)c(OCCCCCC(=O)NO)cc12. The van der Waals surface area contributed by atoms with Gasteiger partial charge in [-0.15, -0.1) is 0 Å². The number of carbonyl (C=O) groups is 1. The quantitative estimate of drug-likeness (QED) is 0.199. The van der Waals surface area contributed by atoms with Gasteiger partial charge in [0.2, 0.25) is 5.91 Å². The predicted molar refractivity (Wildman–Crippen MR) is 117 cm³/mol. The molecule has 2 rings (SSSR count). The fraction of sp³-hybridized carbons (Fsp3) is 0.318. The number of hydrogen-bond acceptors (Lipinski definition) is 7. The number of amides is 1. The van der Waals surface area contributed by atoms with Crippen molar-refractivity contribution in [1.82, 2.24) is 15.4 Å². The van der Waals surface area contributed by atoms with Gasteiger partial charge in [0.1, 0.15) is 12.1 Å². The Morgan fingerprint density at radius 1 is 1.20 bits per heavy atom. The summed E-state index contributed by atoms with van der Waals surface area (Å²) in [5, 5.41) is 12.6. The standard InChI is InChI=1S/C22H28N4O4/c1-4-9-16(5-2)14-23-22-17-12-20(19(29-3)13-18(17)24-15-25-22)30-11-8-6-7-10-21(27)26-28/h4-5,9,12-13,15,28H,1-2,6-8,10-11,14H2,3H3,(H,26,27)(H,23,24,25)/b16-9+. The summed E-state index contributed by atoms with van der Waals surface area (Å²) < 4.78 is 11.4. The maximum atomic E-state index is 11.0. The fourth-order valence-corrected chi connectivity index (χ4v) is 2.82. The van der Waals surface area contributed by atoms with Crippen LogP contribution < -0.4 is 20.3 Å². The average molecular weight is 412 g/mol. The highest BCUT2D eigenvalue weighted by Crippen LogP contribution is 2.34. The third-order valence-corrected chi connectivity index (χ3v) is 4.41. The summed E-state index contributed by atoms with van der Waals surface area (Å²) in [7, 11) is 1.58. The minimum Gasteiger partial charge on any atom is -0.493 e. The molecule has 2 aromatic rings. The molecule has 1 heterocycles. The Labute approximate surface area is 176 Å². The monoisotopic (exact) mass is 412 g/mol. The number of methoxy groups -OCH3 is 1. The lowest BCUT2D eigenvalue weighted by molar-refractivity contribution is -0.129. The van der Waals surface area contributed by atoms with Crippen LogP contribution in [0.1, 0.15) is 25.7 Å². The van der Waals surface area contributed by atoms with E-state index < -0.39 is 0 Å². The zero-order valence-electron chi connectivity index (χ0n) is 17.2. The third kappa shape index (κ3) is 6.59. The van der Waals surface area contributed by atoms with E-state index in [1.165, 1.54) is 6.33 Å². The van der Waals surface area contributed by atoms with Gasteiger partial charge in [-0.1, -0.05) is 31.4 Å². The van der Waals surface area contributed by atoms with Crippen molar-refractivity contribution < 1.29 is 19.5 Å². The molecule has 8 heteroatoms. The first-order valence-electron chi connectivity index (χ1n) is 9.69. The summed E-state index contributed by atoms with van der Waals surface area (Å²) in [5.74, 6) is 1.49. The van der Waals surface area contributed by atoms with Crippen LogP contribution in [0.5, 0.6) is 11.5 Å². The van der Waals surface area contributed by atoms with E-state index in [1.807, 2.05) is 18.2 Å². The van der Waals surface area contributed by atoms with Gasteiger partial charge in [-0.2, -0.15) is 0 Å². The van der Waals surface area contributed by atoms with Crippen LogP contribution in [0, 0.1) is 0 Å². The van der Waals surface area contributed by atoms with E-state index in [2.05, 4.69) is 28.4 Å². The largest absolute Gasteiger partial charge is 0.493 e. The van der Waals surface area contributed by atoms with Crippen LogP contribution in [0.15, 0.2) is 55.4 Å². The second-order valence-electron chi connectivity index (χ2n) is 6.47. The van der Waals surface area contributed by atoms with Crippen molar-refractivity contribution >= 4 is 22.6 Å². The number of ether oxygens (including phenoxy) is 2. The van der Waals surface area contributed by atoms with Crippen molar-refractivity contribution in [1.29, 1.82) is 0 Å². The molecular weight excluding hydrogens is 384 g/mol. The molecule has 3 N–H and O–H groups in total. The summed E-state index contributed by atoms with van der Waals surface area (Å²) in [5.41, 5.74) is 3.35. The highest BCUT2D eigenvalue weighted by molar-refractivity contribution is 5.91. The zero-order valence-corrected chi connectivity index (χ0v) is 17.2. The van der Waals surface area contributed by atoms with Crippen LogP contribution in [0.2, 0.25) is 0 Å². The number of benzene rings is 1. The molecule has 8 nitrogen and oxygen atoms in total. The highest BCUT2D eigenvalue weighted by atomic mass is 16.5. The number of allylic oxidation sites excluding steroid dienone is 2. The number of anilines is 1. The Bertz CT molecular complexity index is 911. The lowest BCUT2D eigenvalue weighted by Gasteiger charge is -2.14. The molecule has 1 amide bonds. The van der Waals surface area contributed by atoms with Crippen molar-refractivity contribution in [3.63, 3.8) is 0 Å². The number of carbonyl (C=O) groups excluding carboxylic acids is 1. The molecule has 0 spiro atoms. The molecule has 0 radical (unpaired) electrons. The van der Waals surface area contributed by atoms with Gasteiger partial charge in [0.05, 0.1) is 19.2 Å². The number of nitrogens with zero attached hydrogens (tertiary/aromatic N) is 2. The van der Waals surface area contributed by atoms with Crippen LogP contribution in [-0.4, -0.2) is 41.3 Å². The van der Waals surface area contributed by atoms with E-state index in [9.17, 15) is 4.79 Å². The molecule has 0 aliphatic rings. The minimum atomic E-state index is -0.380. The zero-order chi connectivity index (χ0) is 21.8. The highest BCUT2D eigenvalue weighted by Gasteiger charge is 2.12. The molecule has 30 heavy (non-hydrogen) atoms. The number of fused-ring (bicyclic) bond motifs is 1. The molecular formula is C22H28N4O4. The molecule has 0 bridgehead atoms. The number of hydrogen-bond donors (Lipinski definition) is 3. The van der Waals surface area contributed by atoms with E-state index in [4.69, 9.17) is 14.7 Å². The number of aromatic nitrogens is 2. The van der Waals surface area contributed by atoms with E-state index in [-0.39, 0.29) is 12.3 Å². The molecule has 0 aliphatic carbocycles. The van der Waals surface area contributed by atoms with Gasteiger partial charge >= 0.3 is 0 Å². The first-order chi connectivity index (χ1) is 14.6. The number of rotatable bonds is 13. The molecule has 160 valence electrons. The lowest BCUT2D eigenvalue weighted by atomic mass is 10.2. The van der Waals surface area contributed by atoms with Gasteiger partial charge < -0.3 is 14.8 Å². The first kappa shape index (κ1) is 22.9. The Balaban J connectivity index is 2.09. The van der Waals surface area contributed by atoms with Crippen LogP contribution in [0.25, 0.3) is 10.9 Å². The number of unbranched alkanes of at least 4 members (excludes halogenated alkanes) is 2. The van der Waals surface area contributed by atoms with Crippen molar-refractivity contribution in [2.75, 3.05) is 25.6 Å². The van der Waals surface area contributed by atoms with Crippen molar-refractivity contribution in [2.24, 2.45) is 0 Å². The summed E-state index contributed by atoms with van der Waals surface area (Å²) >= 11 is 0. The predicted octanol–water partition coefficient (Wildman–Crippen LogP) is 3.79. The van der Waals surface area contributed by atoms with E-state index in [0.717, 1.165) is 29.3 Å². The average Bonchev–Trinajstić information content (AvgIpc) is 2.77. The summed E-state index contributed by atoms with van der Waals surface area (Å²) in [6, 6.07) is 3.68. The van der Waals surface area contributed by atoms with Crippen molar-refractivity contribution in [2.45, 2.75) is 25.7 Å². The Morgan fingerprint density at radius 2 is 2.03 bits per heavy atom. The van der Waals surface area contributed by atoms with E-state index >= 15 is 0 Å². The summed E-state index contributed by atoms with van der Waals surface area (Å²) in [6.07, 6.45) is 9.39. The minimum absolute atomic E-state index is 0.287. The van der Waals surface area contributed by atoms with Gasteiger partial charge in [-0.05, 0) is 30.9 Å². The van der Waals surface area contributed by atoms with Crippen LogP contribution in [-0.2, 0) is 4.79 Å². The second kappa shape index (κ2) is 12.2. The van der Waals surface area contributed by atoms with E-state index in [0.29, 0.717) is 36.9 Å². The number of hydroxylamine groups is 1. The molecule has 0 atom stereocenters. The smallest absolute Gasteiger partial charge is 0.243 e. The Kier molecular flexibility index (Phi) is 9.33. The topological polar surface area (TPSA) is 106 Å². The molecule has 1 aromatic carbocycles. The Hall–Kier alpha value is -3.39. The maximum Gasteiger partial charge on any atom is 0.243 e. The molecule has 1 aromatic heterocycles. The Morgan fingerprint density at radius 3 is 2.73 bits per heavy atom. The maximum absolute atomic E-state index is 11.0. The normalized spacial score (nSPS) is 11.1. The molecule has 0 fully saturated rings. The van der Waals surface area contributed by atoms with Crippen molar-refractivity contribution in [3.8, 4) is 11.5 Å². The van der Waals surface area contributed by atoms with Gasteiger partial charge in [-0.25, -0.2) is 15.4 Å². The molecule has 0 unspecified atom stereocenters. The molecule has 0 saturated heterocycles. The fourth-order valence-electron chi connectivity index (χ4n) is 2.82. The number of nitrogens with one attached hydrogen (secondary N) is 2. The van der Waals surface area contributed by atoms with Crippen LogP contribution in [0.3, 0.4) is 0 Å².